The highest BCUT2D eigenvalue weighted by Gasteiger charge is 2.60. The maximum Gasteiger partial charge on any atom is -0.0240 e. The highest BCUT2D eigenvalue weighted by Crippen LogP contribution is 2.68. The van der Waals surface area contributed by atoms with E-state index in [9.17, 15) is 0 Å². The SMILES string of the molecule is Cc1ccc(CC2C[C@H]3[C@@H]4CC[C@H]5CCCC[C@]5(C)[C@H]4CC[C@]3(C(C)C)C2)cc1. The molecule has 0 heterocycles. The van der Waals surface area contributed by atoms with Crippen LogP contribution >= 0.6 is 0 Å². The first-order valence-electron chi connectivity index (χ1n) is 13.0. The Morgan fingerprint density at radius 1 is 0.931 bits per heavy atom. The van der Waals surface area contributed by atoms with Gasteiger partial charge in [0.05, 0.1) is 0 Å². The van der Waals surface area contributed by atoms with Crippen LogP contribution in [0.5, 0.6) is 0 Å². The number of rotatable bonds is 3. The smallest absolute Gasteiger partial charge is 0.0240 e. The molecule has 4 aliphatic carbocycles. The van der Waals surface area contributed by atoms with E-state index >= 15 is 0 Å². The van der Waals surface area contributed by atoms with Gasteiger partial charge in [0, 0.05) is 0 Å². The van der Waals surface area contributed by atoms with Crippen LogP contribution in [0.4, 0.5) is 0 Å². The lowest BCUT2D eigenvalue weighted by molar-refractivity contribution is -0.118. The Morgan fingerprint density at radius 3 is 2.48 bits per heavy atom. The summed E-state index contributed by atoms with van der Waals surface area (Å²) in [6, 6.07) is 9.43. The van der Waals surface area contributed by atoms with E-state index in [2.05, 4.69) is 52.0 Å². The second kappa shape index (κ2) is 7.42. The molecule has 0 amide bonds. The summed E-state index contributed by atoms with van der Waals surface area (Å²) in [6.45, 7) is 10.1. The molecule has 0 radical (unpaired) electrons. The summed E-state index contributed by atoms with van der Waals surface area (Å²) in [7, 11) is 0. The molecule has 4 saturated carbocycles. The summed E-state index contributed by atoms with van der Waals surface area (Å²) in [5.74, 6) is 5.91. The molecule has 29 heavy (non-hydrogen) atoms. The van der Waals surface area contributed by atoms with Crippen molar-refractivity contribution in [3.05, 3.63) is 35.4 Å². The lowest BCUT2D eigenvalue weighted by Gasteiger charge is -2.61. The van der Waals surface area contributed by atoms with Crippen molar-refractivity contribution in [1.82, 2.24) is 0 Å². The first kappa shape index (κ1) is 20.1. The molecule has 0 aliphatic heterocycles. The average molecular weight is 393 g/mol. The fourth-order valence-electron chi connectivity index (χ4n) is 9.35. The first-order chi connectivity index (χ1) is 13.9. The third-order valence-corrected chi connectivity index (χ3v) is 10.9. The Morgan fingerprint density at radius 2 is 1.72 bits per heavy atom. The van der Waals surface area contributed by atoms with Crippen molar-refractivity contribution >= 4 is 0 Å². The van der Waals surface area contributed by atoms with Gasteiger partial charge in [-0.15, -0.1) is 0 Å². The van der Waals surface area contributed by atoms with E-state index in [0.29, 0.717) is 10.8 Å². The second-order valence-corrected chi connectivity index (χ2v) is 12.3. The molecule has 0 heteroatoms. The molecule has 0 saturated heterocycles. The van der Waals surface area contributed by atoms with E-state index in [4.69, 9.17) is 0 Å². The van der Waals surface area contributed by atoms with E-state index in [-0.39, 0.29) is 0 Å². The zero-order valence-corrected chi connectivity index (χ0v) is 19.6. The first-order valence-corrected chi connectivity index (χ1v) is 13.0. The Bertz CT molecular complexity index is 714. The van der Waals surface area contributed by atoms with Crippen molar-refractivity contribution in [3.63, 3.8) is 0 Å². The molecule has 0 N–H and O–H groups in total. The topological polar surface area (TPSA) is 0 Å². The van der Waals surface area contributed by atoms with Crippen LogP contribution in [0, 0.1) is 53.3 Å². The standard InChI is InChI=1S/C29H44/c1-20(2)29-16-14-26-25(13-12-24-7-5-6-15-28(24,26)4)27(29)18-23(19-29)17-22-10-8-21(3)9-11-22/h8-11,20,23-27H,5-7,12-19H2,1-4H3/t23?,24-,25-,26+,27+,28+,29-/m1/s1. The van der Waals surface area contributed by atoms with Crippen LogP contribution in [0.25, 0.3) is 0 Å². The molecule has 1 aromatic rings. The molecule has 4 aliphatic rings. The van der Waals surface area contributed by atoms with Gasteiger partial charge in [0.1, 0.15) is 0 Å². The van der Waals surface area contributed by atoms with Crippen LogP contribution in [0.15, 0.2) is 24.3 Å². The fourth-order valence-corrected chi connectivity index (χ4v) is 9.35. The van der Waals surface area contributed by atoms with Crippen molar-refractivity contribution < 1.29 is 0 Å². The quantitative estimate of drug-likeness (QED) is 0.486. The molecule has 1 aromatic carbocycles. The monoisotopic (exact) mass is 392 g/mol. The number of hydrogen-bond donors (Lipinski definition) is 0. The van der Waals surface area contributed by atoms with Gasteiger partial charge in [-0.05, 0) is 117 Å². The number of aryl methyl sites for hydroxylation is 1. The normalized spacial score (nSPS) is 44.2. The zero-order valence-electron chi connectivity index (χ0n) is 19.6. The minimum absolute atomic E-state index is 0.647. The molecule has 0 bridgehead atoms. The van der Waals surface area contributed by atoms with Crippen LogP contribution < -0.4 is 0 Å². The summed E-state index contributed by atoms with van der Waals surface area (Å²) in [6.07, 6.45) is 16.6. The molecular weight excluding hydrogens is 348 g/mol. The van der Waals surface area contributed by atoms with E-state index in [1.54, 1.807) is 24.8 Å². The van der Waals surface area contributed by atoms with E-state index < -0.39 is 0 Å². The van der Waals surface area contributed by atoms with Gasteiger partial charge >= 0.3 is 0 Å². The zero-order chi connectivity index (χ0) is 20.2. The van der Waals surface area contributed by atoms with Gasteiger partial charge in [-0.3, -0.25) is 0 Å². The number of fused-ring (bicyclic) bond motifs is 5. The Labute approximate surface area is 180 Å². The van der Waals surface area contributed by atoms with Crippen LogP contribution in [0.2, 0.25) is 0 Å². The molecule has 160 valence electrons. The van der Waals surface area contributed by atoms with Gasteiger partial charge in [0.2, 0.25) is 0 Å². The molecule has 7 atom stereocenters. The lowest BCUT2D eigenvalue weighted by atomic mass is 9.44. The Hall–Kier alpha value is -0.780. The van der Waals surface area contributed by atoms with Gasteiger partial charge in [-0.2, -0.15) is 0 Å². The summed E-state index contributed by atoms with van der Waals surface area (Å²) >= 11 is 0. The largest absolute Gasteiger partial charge is 0.0622 e. The predicted octanol–water partition coefficient (Wildman–Crippen LogP) is 8.22. The second-order valence-electron chi connectivity index (χ2n) is 12.3. The molecule has 0 spiro atoms. The van der Waals surface area contributed by atoms with Crippen LogP contribution in [-0.4, -0.2) is 0 Å². The summed E-state index contributed by atoms with van der Waals surface area (Å²) in [4.78, 5) is 0. The van der Waals surface area contributed by atoms with Gasteiger partial charge < -0.3 is 0 Å². The lowest BCUT2D eigenvalue weighted by Crippen LogP contribution is -2.53. The highest BCUT2D eigenvalue weighted by molar-refractivity contribution is 5.22. The van der Waals surface area contributed by atoms with E-state index in [0.717, 1.165) is 35.5 Å². The van der Waals surface area contributed by atoms with E-state index in [1.165, 1.54) is 56.9 Å². The van der Waals surface area contributed by atoms with Gasteiger partial charge in [0.25, 0.3) is 0 Å². The maximum atomic E-state index is 2.73. The van der Waals surface area contributed by atoms with Crippen LogP contribution in [0.1, 0.15) is 96.1 Å². The van der Waals surface area contributed by atoms with Gasteiger partial charge in [-0.1, -0.05) is 63.4 Å². The molecule has 0 nitrogen and oxygen atoms in total. The van der Waals surface area contributed by atoms with Crippen molar-refractivity contribution in [2.45, 2.75) is 98.3 Å². The predicted molar refractivity (Wildman–Crippen MR) is 124 cm³/mol. The molecule has 1 unspecified atom stereocenters. The number of hydrogen-bond acceptors (Lipinski definition) is 0. The molecule has 4 fully saturated rings. The minimum atomic E-state index is 0.647. The van der Waals surface area contributed by atoms with E-state index in [1.807, 2.05) is 0 Å². The summed E-state index contributed by atoms with van der Waals surface area (Å²) in [5.41, 5.74) is 4.30. The van der Waals surface area contributed by atoms with Gasteiger partial charge in [0.15, 0.2) is 0 Å². The highest BCUT2D eigenvalue weighted by atomic mass is 14.6. The summed E-state index contributed by atoms with van der Waals surface area (Å²) < 4.78 is 0. The summed E-state index contributed by atoms with van der Waals surface area (Å²) in [5, 5.41) is 0. The van der Waals surface area contributed by atoms with Crippen molar-refractivity contribution in [2.24, 2.45) is 46.3 Å². The Kier molecular flexibility index (Phi) is 5.15. The average Bonchev–Trinajstić information content (AvgIpc) is 3.09. The molecule has 5 rings (SSSR count). The molecule has 0 aromatic heterocycles. The fraction of sp³-hybridized carbons (Fsp3) is 0.793. The van der Waals surface area contributed by atoms with Crippen LogP contribution in [0.3, 0.4) is 0 Å². The van der Waals surface area contributed by atoms with Crippen molar-refractivity contribution in [2.75, 3.05) is 0 Å². The van der Waals surface area contributed by atoms with Crippen molar-refractivity contribution in [1.29, 1.82) is 0 Å². The number of benzene rings is 1. The Balaban J connectivity index is 1.40. The third kappa shape index (κ3) is 3.23. The minimum Gasteiger partial charge on any atom is -0.0622 e. The van der Waals surface area contributed by atoms with Gasteiger partial charge in [-0.25, -0.2) is 0 Å². The molecular formula is C29H44. The third-order valence-electron chi connectivity index (χ3n) is 10.9. The van der Waals surface area contributed by atoms with Crippen molar-refractivity contribution in [3.8, 4) is 0 Å². The maximum absolute atomic E-state index is 2.73. The van der Waals surface area contributed by atoms with Crippen LogP contribution in [-0.2, 0) is 6.42 Å².